The first kappa shape index (κ1) is 21.7. The zero-order valence-corrected chi connectivity index (χ0v) is 16.9. The number of ether oxygens (including phenoxy) is 1. The van der Waals surface area contributed by atoms with Crippen LogP contribution in [0.1, 0.15) is 13.3 Å². The summed E-state index contributed by atoms with van der Waals surface area (Å²) in [5, 5.41) is 6.15. The number of rotatable bonds is 9. The maximum absolute atomic E-state index is 13.6. The lowest BCUT2D eigenvalue weighted by molar-refractivity contribution is 0.214. The molecule has 2 aromatic rings. The minimum Gasteiger partial charge on any atom is -0.486 e. The van der Waals surface area contributed by atoms with E-state index in [9.17, 15) is 12.8 Å². The lowest BCUT2D eigenvalue weighted by atomic mass is 10.3. The Morgan fingerprint density at radius 2 is 1.79 bits per heavy atom. The van der Waals surface area contributed by atoms with E-state index in [0.717, 1.165) is 0 Å². The summed E-state index contributed by atoms with van der Waals surface area (Å²) in [6, 6.07) is 14.6. The summed E-state index contributed by atoms with van der Waals surface area (Å²) >= 11 is 0. The number of guanidine groups is 1. The summed E-state index contributed by atoms with van der Waals surface area (Å²) < 4.78 is 43.7. The van der Waals surface area contributed by atoms with Gasteiger partial charge >= 0.3 is 0 Å². The van der Waals surface area contributed by atoms with Crippen LogP contribution >= 0.6 is 0 Å². The van der Waals surface area contributed by atoms with Crippen molar-refractivity contribution >= 4 is 15.8 Å². The number of para-hydroxylation sites is 1. The summed E-state index contributed by atoms with van der Waals surface area (Å²) in [6.45, 7) is 2.68. The topological polar surface area (TPSA) is 79.8 Å². The van der Waals surface area contributed by atoms with E-state index in [-0.39, 0.29) is 17.6 Å². The molecule has 0 fully saturated rings. The van der Waals surface area contributed by atoms with Crippen LogP contribution in [-0.2, 0) is 9.84 Å². The number of hydrogen-bond donors (Lipinski definition) is 2. The fourth-order valence-corrected chi connectivity index (χ4v) is 3.81. The van der Waals surface area contributed by atoms with Gasteiger partial charge in [0, 0.05) is 13.6 Å². The molecule has 0 aliphatic carbocycles. The predicted octanol–water partition coefficient (Wildman–Crippen LogP) is 2.62. The molecule has 0 amide bonds. The van der Waals surface area contributed by atoms with Crippen molar-refractivity contribution < 1.29 is 17.5 Å². The summed E-state index contributed by atoms with van der Waals surface area (Å²) in [7, 11) is -1.66. The van der Waals surface area contributed by atoms with E-state index in [1.165, 1.54) is 6.07 Å². The van der Waals surface area contributed by atoms with Crippen LogP contribution in [0.15, 0.2) is 64.5 Å². The molecule has 1 atom stereocenters. The van der Waals surface area contributed by atoms with Gasteiger partial charge < -0.3 is 15.4 Å². The molecule has 0 bridgehead atoms. The van der Waals surface area contributed by atoms with E-state index in [1.54, 1.807) is 55.6 Å². The van der Waals surface area contributed by atoms with Crippen LogP contribution in [0.4, 0.5) is 4.39 Å². The molecule has 2 N–H and O–H groups in total. The molecule has 0 saturated heterocycles. The number of aliphatic imine (C=N–C) groups is 1. The molecule has 2 rings (SSSR count). The van der Waals surface area contributed by atoms with Crippen LogP contribution in [0.2, 0.25) is 0 Å². The second-order valence-electron chi connectivity index (χ2n) is 6.22. The first-order valence-electron chi connectivity index (χ1n) is 9.06. The van der Waals surface area contributed by atoms with Gasteiger partial charge in [-0.3, -0.25) is 4.99 Å². The third-order valence-electron chi connectivity index (χ3n) is 3.93. The number of sulfone groups is 1. The molecule has 28 heavy (non-hydrogen) atoms. The maximum atomic E-state index is 13.6. The van der Waals surface area contributed by atoms with Crippen molar-refractivity contribution in [1.82, 2.24) is 10.6 Å². The van der Waals surface area contributed by atoms with E-state index in [0.29, 0.717) is 30.4 Å². The standard InChI is InChI=1S/C20H26FN3O3S/c1-16(27-19-12-7-6-11-18(19)21)15-24-20(22-2)23-13-8-14-28(25,26)17-9-4-3-5-10-17/h3-7,9-12,16H,8,13-15H2,1-2H3,(H2,22,23,24). The van der Waals surface area contributed by atoms with Gasteiger partial charge in [-0.1, -0.05) is 30.3 Å². The first-order chi connectivity index (χ1) is 13.4. The predicted molar refractivity (Wildman–Crippen MR) is 109 cm³/mol. The van der Waals surface area contributed by atoms with Crippen molar-refractivity contribution in [2.45, 2.75) is 24.3 Å². The van der Waals surface area contributed by atoms with E-state index >= 15 is 0 Å². The summed E-state index contributed by atoms with van der Waals surface area (Å²) in [4.78, 5) is 4.42. The second-order valence-corrected chi connectivity index (χ2v) is 8.33. The molecule has 6 nitrogen and oxygen atoms in total. The third-order valence-corrected chi connectivity index (χ3v) is 5.75. The molecular formula is C20H26FN3O3S. The maximum Gasteiger partial charge on any atom is 0.191 e. The van der Waals surface area contributed by atoms with Crippen molar-refractivity contribution in [3.63, 3.8) is 0 Å². The Morgan fingerprint density at radius 3 is 2.46 bits per heavy atom. The second kappa shape index (κ2) is 10.7. The first-order valence-corrected chi connectivity index (χ1v) is 10.7. The lowest BCUT2D eigenvalue weighted by Crippen LogP contribution is -2.42. The van der Waals surface area contributed by atoms with Crippen molar-refractivity contribution in [2.75, 3.05) is 25.9 Å². The van der Waals surface area contributed by atoms with Crippen molar-refractivity contribution in [2.24, 2.45) is 4.99 Å². The molecule has 1 unspecified atom stereocenters. The highest BCUT2D eigenvalue weighted by molar-refractivity contribution is 7.91. The molecule has 2 aromatic carbocycles. The highest BCUT2D eigenvalue weighted by Crippen LogP contribution is 2.16. The van der Waals surface area contributed by atoms with Crippen molar-refractivity contribution in [3.05, 3.63) is 60.4 Å². The number of hydrogen-bond acceptors (Lipinski definition) is 4. The smallest absolute Gasteiger partial charge is 0.191 e. The third kappa shape index (κ3) is 6.84. The Morgan fingerprint density at radius 1 is 1.11 bits per heavy atom. The molecule has 8 heteroatoms. The fraction of sp³-hybridized carbons (Fsp3) is 0.350. The van der Waals surface area contributed by atoms with Gasteiger partial charge in [0.2, 0.25) is 0 Å². The number of halogens is 1. The lowest BCUT2D eigenvalue weighted by Gasteiger charge is -2.18. The van der Waals surface area contributed by atoms with Gasteiger partial charge in [-0.2, -0.15) is 0 Å². The van der Waals surface area contributed by atoms with Crippen molar-refractivity contribution in [3.8, 4) is 5.75 Å². The highest BCUT2D eigenvalue weighted by atomic mass is 32.2. The minimum atomic E-state index is -3.29. The van der Waals surface area contributed by atoms with Crippen LogP contribution in [0.3, 0.4) is 0 Å². The van der Waals surface area contributed by atoms with Crippen LogP contribution in [0.25, 0.3) is 0 Å². The molecule has 0 aliphatic heterocycles. The average Bonchev–Trinajstić information content (AvgIpc) is 2.70. The Kier molecular flexibility index (Phi) is 8.25. The SMILES string of the molecule is CN=C(NCCCS(=O)(=O)c1ccccc1)NCC(C)Oc1ccccc1F. The zero-order valence-electron chi connectivity index (χ0n) is 16.1. The molecule has 0 heterocycles. The van der Waals surface area contributed by atoms with Crippen molar-refractivity contribution in [1.29, 1.82) is 0 Å². The van der Waals surface area contributed by atoms with Gasteiger partial charge in [0.25, 0.3) is 0 Å². The summed E-state index contributed by atoms with van der Waals surface area (Å²) in [6.07, 6.45) is 0.160. The molecule has 0 aliphatic rings. The Balaban J connectivity index is 1.72. The van der Waals surface area contributed by atoms with Crippen LogP contribution in [-0.4, -0.2) is 46.4 Å². The van der Waals surface area contributed by atoms with Crippen LogP contribution in [0.5, 0.6) is 5.75 Å². The van der Waals surface area contributed by atoms with Gasteiger partial charge in [-0.05, 0) is 37.6 Å². The monoisotopic (exact) mass is 407 g/mol. The Bertz CT molecular complexity index is 873. The summed E-state index contributed by atoms with van der Waals surface area (Å²) in [5.41, 5.74) is 0. The number of nitrogens with zero attached hydrogens (tertiary/aromatic N) is 1. The van der Waals surface area contributed by atoms with Gasteiger partial charge in [-0.15, -0.1) is 0 Å². The Hall–Kier alpha value is -2.61. The fourth-order valence-electron chi connectivity index (χ4n) is 2.47. The molecule has 0 spiro atoms. The largest absolute Gasteiger partial charge is 0.486 e. The van der Waals surface area contributed by atoms with Gasteiger partial charge in [0.05, 0.1) is 17.2 Å². The van der Waals surface area contributed by atoms with Gasteiger partial charge in [-0.25, -0.2) is 12.8 Å². The normalized spacial score (nSPS) is 13.0. The molecule has 152 valence electrons. The van der Waals surface area contributed by atoms with Crippen LogP contribution in [0, 0.1) is 5.82 Å². The quantitative estimate of drug-likeness (QED) is 0.380. The molecular weight excluding hydrogens is 381 g/mol. The van der Waals surface area contributed by atoms with Crippen LogP contribution < -0.4 is 15.4 Å². The molecule has 0 aromatic heterocycles. The number of nitrogens with one attached hydrogen (secondary N) is 2. The van der Waals surface area contributed by atoms with E-state index in [4.69, 9.17) is 4.74 Å². The van der Waals surface area contributed by atoms with E-state index in [1.807, 2.05) is 6.92 Å². The number of benzene rings is 2. The van der Waals surface area contributed by atoms with E-state index in [2.05, 4.69) is 15.6 Å². The highest BCUT2D eigenvalue weighted by Gasteiger charge is 2.13. The average molecular weight is 408 g/mol. The molecule has 0 saturated carbocycles. The van der Waals surface area contributed by atoms with Gasteiger partial charge in [0.15, 0.2) is 27.4 Å². The van der Waals surface area contributed by atoms with E-state index < -0.39 is 15.7 Å². The molecule has 0 radical (unpaired) electrons. The Labute approximate surface area is 165 Å². The zero-order chi connectivity index (χ0) is 20.4. The van der Waals surface area contributed by atoms with Gasteiger partial charge in [0.1, 0.15) is 6.10 Å². The summed E-state index contributed by atoms with van der Waals surface area (Å²) in [5.74, 6) is 0.372. The minimum absolute atomic E-state index is 0.0494.